The Hall–Kier alpha value is -1.47. The van der Waals surface area contributed by atoms with Crippen molar-refractivity contribution in [2.24, 2.45) is 0 Å². The molecule has 0 fully saturated rings. The van der Waals surface area contributed by atoms with E-state index in [1.165, 1.54) is 193 Å². The molecule has 0 heterocycles. The number of hydrogen-bond donors (Lipinski definition) is 5. The zero-order valence-corrected chi connectivity index (χ0v) is 40.7. The van der Waals surface area contributed by atoms with Crippen molar-refractivity contribution >= 4 is 5.91 Å². The highest BCUT2D eigenvalue weighted by molar-refractivity contribution is 5.80. The Labute approximate surface area is 379 Å². The van der Waals surface area contributed by atoms with Crippen molar-refractivity contribution in [3.05, 3.63) is 36.5 Å². The predicted molar refractivity (Wildman–Crippen MR) is 265 cm³/mol. The van der Waals surface area contributed by atoms with Gasteiger partial charge in [-0.3, -0.25) is 4.79 Å². The number of aliphatic hydroxyl groups excluding tert-OH is 4. The minimum atomic E-state index is -1.29. The Morgan fingerprint density at radius 3 is 1.03 bits per heavy atom. The Kier molecular flexibility index (Phi) is 48.3. The lowest BCUT2D eigenvalue weighted by molar-refractivity contribution is -0.132. The van der Waals surface area contributed by atoms with E-state index in [1.54, 1.807) is 0 Å². The van der Waals surface area contributed by atoms with E-state index in [1.807, 2.05) is 0 Å². The fraction of sp³-hybridized carbons (Fsp3) is 0.873. The maximum absolute atomic E-state index is 12.6. The van der Waals surface area contributed by atoms with E-state index in [4.69, 9.17) is 0 Å². The molecule has 4 unspecified atom stereocenters. The molecule has 0 spiro atoms. The van der Waals surface area contributed by atoms with Gasteiger partial charge in [0.05, 0.1) is 18.8 Å². The van der Waals surface area contributed by atoms with Crippen LogP contribution < -0.4 is 5.32 Å². The Bertz CT molecular complexity index is 966. The van der Waals surface area contributed by atoms with E-state index >= 15 is 0 Å². The van der Waals surface area contributed by atoms with Crippen LogP contribution in [0.1, 0.15) is 277 Å². The van der Waals surface area contributed by atoms with Crippen molar-refractivity contribution < 1.29 is 25.2 Å². The van der Waals surface area contributed by atoms with Crippen LogP contribution in [0.4, 0.5) is 0 Å². The molecule has 0 aromatic carbocycles. The first-order valence-electron chi connectivity index (χ1n) is 26.9. The summed E-state index contributed by atoms with van der Waals surface area (Å²) in [5.74, 6) is -0.595. The summed E-state index contributed by atoms with van der Waals surface area (Å²) in [6.07, 6.45) is 60.6. The highest BCUT2D eigenvalue weighted by atomic mass is 16.3. The molecule has 0 radical (unpaired) electrons. The molecule has 0 bridgehead atoms. The van der Waals surface area contributed by atoms with E-state index in [-0.39, 0.29) is 0 Å². The largest absolute Gasteiger partial charge is 0.394 e. The van der Waals surface area contributed by atoms with Crippen LogP contribution in [-0.4, -0.2) is 57.3 Å². The number of allylic oxidation sites excluding steroid dienone is 6. The molecular weight excluding hydrogens is 755 g/mol. The van der Waals surface area contributed by atoms with Gasteiger partial charge >= 0.3 is 0 Å². The van der Waals surface area contributed by atoms with Crippen LogP contribution in [0.3, 0.4) is 0 Å². The van der Waals surface area contributed by atoms with Crippen LogP contribution in [0.2, 0.25) is 0 Å². The molecule has 0 aliphatic carbocycles. The van der Waals surface area contributed by atoms with Crippen molar-refractivity contribution in [3.63, 3.8) is 0 Å². The molecule has 4 atom stereocenters. The monoisotopic (exact) mass is 860 g/mol. The van der Waals surface area contributed by atoms with Crippen LogP contribution in [0.5, 0.6) is 0 Å². The molecule has 61 heavy (non-hydrogen) atoms. The third-order valence-electron chi connectivity index (χ3n) is 12.6. The number of rotatable bonds is 49. The molecule has 0 saturated heterocycles. The van der Waals surface area contributed by atoms with E-state index < -0.39 is 36.9 Å². The Balaban J connectivity index is 3.71. The van der Waals surface area contributed by atoms with Gasteiger partial charge in [0.15, 0.2) is 0 Å². The number of amides is 1. The summed E-state index contributed by atoms with van der Waals surface area (Å²) in [5.41, 5.74) is 0. The SMILES string of the molecule is CCCCCCCCCCC/C=C/CC/C=C/CC/C=C/CCCC(O)C(O)C(CO)NC(=O)C(O)CCCCCCCCCCCCCCCCCCCCCCCCC. The van der Waals surface area contributed by atoms with Gasteiger partial charge in [-0.05, 0) is 64.2 Å². The second kappa shape index (κ2) is 49.5. The quantitative estimate of drug-likeness (QED) is 0.0309. The van der Waals surface area contributed by atoms with E-state index in [9.17, 15) is 25.2 Å². The van der Waals surface area contributed by atoms with Crippen molar-refractivity contribution in [1.29, 1.82) is 0 Å². The van der Waals surface area contributed by atoms with Crippen LogP contribution in [-0.2, 0) is 4.79 Å². The molecule has 0 aromatic heterocycles. The normalized spacial score (nSPS) is 14.1. The lowest BCUT2D eigenvalue weighted by atomic mass is 10.00. The van der Waals surface area contributed by atoms with Gasteiger partial charge in [0.1, 0.15) is 12.2 Å². The minimum absolute atomic E-state index is 0.362. The predicted octanol–water partition coefficient (Wildman–Crippen LogP) is 15.2. The van der Waals surface area contributed by atoms with Crippen LogP contribution in [0.25, 0.3) is 0 Å². The summed E-state index contributed by atoms with van der Waals surface area (Å²) in [6, 6.07) is -1.01. The van der Waals surface area contributed by atoms with Gasteiger partial charge in [-0.15, -0.1) is 0 Å². The summed E-state index contributed by atoms with van der Waals surface area (Å²) < 4.78 is 0. The molecule has 0 saturated carbocycles. The molecule has 0 aliphatic heterocycles. The number of carbonyl (C=O) groups excluding carboxylic acids is 1. The molecular formula is C55H105NO5. The van der Waals surface area contributed by atoms with Gasteiger partial charge in [-0.25, -0.2) is 0 Å². The zero-order chi connectivity index (χ0) is 44.5. The molecule has 6 nitrogen and oxygen atoms in total. The first-order valence-corrected chi connectivity index (χ1v) is 26.9. The number of carbonyl (C=O) groups is 1. The van der Waals surface area contributed by atoms with E-state index in [2.05, 4.69) is 55.6 Å². The van der Waals surface area contributed by atoms with Gasteiger partial charge in [-0.2, -0.15) is 0 Å². The summed E-state index contributed by atoms with van der Waals surface area (Å²) in [4.78, 5) is 12.6. The third-order valence-corrected chi connectivity index (χ3v) is 12.6. The average Bonchev–Trinajstić information content (AvgIpc) is 3.26. The summed E-state index contributed by atoms with van der Waals surface area (Å²) in [5, 5.41) is 43.9. The van der Waals surface area contributed by atoms with Crippen LogP contribution in [0, 0.1) is 0 Å². The van der Waals surface area contributed by atoms with E-state index in [0.717, 1.165) is 51.4 Å². The first kappa shape index (κ1) is 59.5. The van der Waals surface area contributed by atoms with Gasteiger partial charge in [0.25, 0.3) is 0 Å². The zero-order valence-electron chi connectivity index (χ0n) is 40.7. The molecule has 0 rings (SSSR count). The number of aliphatic hydroxyl groups is 4. The second-order valence-corrected chi connectivity index (χ2v) is 18.6. The molecule has 5 N–H and O–H groups in total. The van der Waals surface area contributed by atoms with Crippen LogP contribution in [0.15, 0.2) is 36.5 Å². The maximum Gasteiger partial charge on any atom is 0.249 e. The molecule has 6 heteroatoms. The second-order valence-electron chi connectivity index (χ2n) is 18.6. The lowest BCUT2D eigenvalue weighted by Gasteiger charge is -2.27. The number of hydrogen-bond acceptors (Lipinski definition) is 5. The molecule has 0 aliphatic rings. The van der Waals surface area contributed by atoms with Crippen molar-refractivity contribution in [3.8, 4) is 0 Å². The summed E-state index contributed by atoms with van der Waals surface area (Å²) >= 11 is 0. The standard InChI is InChI=1S/C55H105NO5/c1-3-5-7-9-11-13-15-17-19-21-23-25-27-29-31-33-35-37-39-41-43-45-47-49-53(59)55(61)56-51(50-57)54(60)52(58)48-46-44-42-40-38-36-34-32-30-28-26-24-22-20-18-16-14-12-10-8-6-4-2/h24,26,32,34,40,42,51-54,57-60H,3-23,25,27-31,33,35-39,41,43-50H2,1-2H3,(H,56,61)/b26-24+,34-32+,42-40+. The molecule has 360 valence electrons. The van der Waals surface area contributed by atoms with Crippen LogP contribution >= 0.6 is 0 Å². The van der Waals surface area contributed by atoms with Gasteiger partial charge in [0, 0.05) is 0 Å². The van der Waals surface area contributed by atoms with Crippen molar-refractivity contribution in [2.75, 3.05) is 6.61 Å². The Morgan fingerprint density at radius 2 is 0.689 bits per heavy atom. The first-order chi connectivity index (χ1) is 30.0. The Morgan fingerprint density at radius 1 is 0.393 bits per heavy atom. The molecule has 0 aromatic rings. The van der Waals surface area contributed by atoms with Crippen molar-refractivity contribution in [1.82, 2.24) is 5.32 Å². The van der Waals surface area contributed by atoms with Gasteiger partial charge in [-0.1, -0.05) is 249 Å². The highest BCUT2D eigenvalue weighted by Gasteiger charge is 2.28. The van der Waals surface area contributed by atoms with Gasteiger partial charge < -0.3 is 25.7 Å². The van der Waals surface area contributed by atoms with Crippen molar-refractivity contribution in [2.45, 2.75) is 301 Å². The average molecular weight is 860 g/mol. The molecule has 1 amide bonds. The highest BCUT2D eigenvalue weighted by Crippen LogP contribution is 2.17. The topological polar surface area (TPSA) is 110 Å². The third kappa shape index (κ3) is 43.6. The fourth-order valence-corrected chi connectivity index (χ4v) is 8.32. The van der Waals surface area contributed by atoms with Gasteiger partial charge in [0.2, 0.25) is 5.91 Å². The lowest BCUT2D eigenvalue weighted by Crippen LogP contribution is -2.53. The fourth-order valence-electron chi connectivity index (χ4n) is 8.32. The summed E-state index contributed by atoms with van der Waals surface area (Å²) in [6.45, 7) is 4.06. The minimum Gasteiger partial charge on any atom is -0.394 e. The number of unbranched alkanes of at least 4 members (excludes halogenated alkanes) is 34. The number of nitrogens with one attached hydrogen (secondary N) is 1. The van der Waals surface area contributed by atoms with E-state index in [0.29, 0.717) is 19.3 Å². The smallest absolute Gasteiger partial charge is 0.249 e. The maximum atomic E-state index is 12.6. The summed E-state index contributed by atoms with van der Waals surface area (Å²) in [7, 11) is 0.